The predicted octanol–water partition coefficient (Wildman–Crippen LogP) is 6.60. The fourth-order valence-electron chi connectivity index (χ4n) is 3.61. The maximum Gasteiger partial charge on any atom is 0.296 e. The molecule has 0 saturated heterocycles. The molecule has 0 aromatic heterocycles. The molecule has 0 spiro atoms. The number of nitriles is 1. The first-order valence-electron chi connectivity index (χ1n) is 11.4. The van der Waals surface area contributed by atoms with E-state index in [9.17, 15) is 36.3 Å². The maximum absolute atomic E-state index is 12.2. The number of hydrogen-bond acceptors (Lipinski definition) is 18. The number of aromatic hydroxyl groups is 1. The van der Waals surface area contributed by atoms with Gasteiger partial charge in [0.2, 0.25) is 0 Å². The second kappa shape index (κ2) is 14.3. The largest absolute Gasteiger partial charge is 0.505 e. The van der Waals surface area contributed by atoms with Gasteiger partial charge in [0, 0.05) is 10.3 Å². The average molecular weight is 698 g/mol. The van der Waals surface area contributed by atoms with E-state index in [0.717, 1.165) is 42.4 Å². The van der Waals surface area contributed by atoms with Crippen LogP contribution in [0.25, 0.3) is 10.8 Å². The number of fused-ring (bicyclic) bond motifs is 1. The predicted molar refractivity (Wildman–Crippen MR) is 153 cm³/mol. The van der Waals surface area contributed by atoms with Crippen LogP contribution in [0.4, 0.5) is 22.7 Å². The lowest BCUT2D eigenvalue weighted by molar-refractivity contribution is -0.432. The van der Waals surface area contributed by atoms with Crippen LogP contribution in [-0.4, -0.2) is 41.6 Å². The molecule has 0 amide bonds. The van der Waals surface area contributed by atoms with Crippen molar-refractivity contribution in [2.75, 3.05) is 0 Å². The Kier molecular flexibility index (Phi) is 10.8. The fourth-order valence-corrected chi connectivity index (χ4v) is 5.64. The summed E-state index contributed by atoms with van der Waals surface area (Å²) in [5.41, 5.74) is -0.959. The second-order valence-electron chi connectivity index (χ2n) is 8.20. The number of hydrogen-bond donors (Lipinski definition) is 5. The molecule has 4 aromatic rings. The molecule has 0 radical (unpaired) electrons. The number of rotatable bonds is 12. The molecular weight excluding hydrogens is 683 g/mol. The zero-order valence-electron chi connectivity index (χ0n) is 21.6. The third-order valence-corrected chi connectivity index (χ3v) is 8.38. The van der Waals surface area contributed by atoms with Crippen LogP contribution in [0.5, 0.6) is 5.75 Å². The Morgan fingerprint density at radius 2 is 1.40 bits per heavy atom. The second-order valence-corrected chi connectivity index (χ2v) is 12.5. The van der Waals surface area contributed by atoms with Crippen LogP contribution < -0.4 is 0 Å². The molecule has 18 nitrogen and oxygen atoms in total. The van der Waals surface area contributed by atoms with Crippen molar-refractivity contribution in [2.24, 2.45) is 20.5 Å². The van der Waals surface area contributed by atoms with Gasteiger partial charge in [-0.2, -0.15) is 32.3 Å². The summed E-state index contributed by atoms with van der Waals surface area (Å²) in [7, 11) is -9.69. The summed E-state index contributed by atoms with van der Waals surface area (Å²) in [6, 6.07) is 14.1. The molecule has 4 aromatic carbocycles. The number of benzene rings is 4. The third-order valence-electron chi connectivity index (χ3n) is 5.45. The summed E-state index contributed by atoms with van der Waals surface area (Å²) in [5, 5.41) is 59.7. The molecule has 0 unspecified atom stereocenters. The highest BCUT2D eigenvalue weighted by Gasteiger charge is 2.22. The van der Waals surface area contributed by atoms with Gasteiger partial charge >= 0.3 is 0 Å². The Hall–Kier alpha value is -4.09. The van der Waals surface area contributed by atoms with Gasteiger partial charge in [0.25, 0.3) is 20.2 Å². The van der Waals surface area contributed by atoms with Gasteiger partial charge in [-0.3, -0.25) is 9.11 Å². The van der Waals surface area contributed by atoms with E-state index in [2.05, 4.69) is 39.2 Å². The molecule has 0 aliphatic carbocycles. The molecule has 0 heterocycles. The van der Waals surface area contributed by atoms with Crippen LogP contribution in [0.1, 0.15) is 5.56 Å². The van der Waals surface area contributed by atoms with Crippen LogP contribution in [-0.2, 0) is 39.0 Å². The lowest BCUT2D eigenvalue weighted by Crippen LogP contribution is -1.99. The summed E-state index contributed by atoms with van der Waals surface area (Å²) in [6.07, 6.45) is 0. The normalized spacial score (nSPS) is 12.3. The molecular formula is C23H15N5O13S4. The van der Waals surface area contributed by atoms with Crippen molar-refractivity contribution >= 4 is 77.8 Å². The zero-order valence-corrected chi connectivity index (χ0v) is 24.9. The smallest absolute Gasteiger partial charge is 0.296 e. The summed E-state index contributed by atoms with van der Waals surface area (Å²) in [6.45, 7) is 0. The molecule has 0 atom stereocenters. The average Bonchev–Trinajstić information content (AvgIpc) is 3.00. The lowest BCUT2D eigenvalue weighted by atomic mass is 10.0. The van der Waals surface area contributed by atoms with Gasteiger partial charge in [-0.15, -0.1) is 18.9 Å². The topological polar surface area (TPSA) is 280 Å². The molecule has 45 heavy (non-hydrogen) atoms. The van der Waals surface area contributed by atoms with E-state index in [1.807, 2.05) is 0 Å². The van der Waals surface area contributed by atoms with Gasteiger partial charge in [0.15, 0.2) is 5.75 Å². The zero-order chi connectivity index (χ0) is 32.8. The van der Waals surface area contributed by atoms with E-state index in [4.69, 9.17) is 10.5 Å². The van der Waals surface area contributed by atoms with Gasteiger partial charge < -0.3 is 5.11 Å². The molecule has 5 N–H and O–H groups in total. The van der Waals surface area contributed by atoms with Crippen molar-refractivity contribution < 1.29 is 60.3 Å². The molecule has 234 valence electrons. The highest BCUT2D eigenvalue weighted by Crippen LogP contribution is 2.46. The summed E-state index contributed by atoms with van der Waals surface area (Å²) in [4.78, 5) is -1.06. The first-order chi connectivity index (χ1) is 21.3. The number of phenolic OH excluding ortho intramolecular Hbond substituents is 1. The number of nitrogens with zero attached hydrogens (tertiary/aromatic N) is 5. The van der Waals surface area contributed by atoms with Crippen LogP contribution in [0.15, 0.2) is 101 Å². The Bertz CT molecular complexity index is 2070. The van der Waals surface area contributed by atoms with Gasteiger partial charge in [0.1, 0.15) is 16.3 Å². The number of azo groups is 2. The Morgan fingerprint density at radius 3 is 2.02 bits per heavy atom. The van der Waals surface area contributed by atoms with E-state index < -0.39 is 47.2 Å². The molecule has 22 heteroatoms. The van der Waals surface area contributed by atoms with E-state index in [0.29, 0.717) is 10.6 Å². The van der Waals surface area contributed by atoms with Crippen LogP contribution in [0.2, 0.25) is 0 Å². The summed E-state index contributed by atoms with van der Waals surface area (Å²) in [5.74, 6) is -0.752. The van der Waals surface area contributed by atoms with Gasteiger partial charge in [-0.1, -0.05) is 10.1 Å². The first-order valence-corrected chi connectivity index (χ1v) is 15.8. The SMILES string of the molecule is N#Cc1cc(S(=O)(=O)O)cc2cc(SOOO)c(N=Nc3ccc(N=Nc4ccc(SOOO)cc4)cc3S(=O)(=O)O)c(O)c12. The van der Waals surface area contributed by atoms with Crippen molar-refractivity contribution in [3.63, 3.8) is 0 Å². The highest BCUT2D eigenvalue weighted by molar-refractivity contribution is 7.95. The molecule has 0 aliphatic heterocycles. The molecule has 0 fully saturated rings. The Labute approximate surface area is 260 Å². The number of phenols is 1. The molecule has 0 saturated carbocycles. The van der Waals surface area contributed by atoms with Gasteiger partial charge in [-0.05, 0) is 66.0 Å². The van der Waals surface area contributed by atoms with E-state index in [1.165, 1.54) is 18.2 Å². The Morgan fingerprint density at radius 1 is 0.756 bits per heavy atom. The summed E-state index contributed by atoms with van der Waals surface area (Å²) < 4.78 is 75.7. The van der Waals surface area contributed by atoms with Crippen LogP contribution >= 0.6 is 24.1 Å². The minimum Gasteiger partial charge on any atom is -0.505 e. The first kappa shape index (κ1) is 33.8. The highest BCUT2D eigenvalue weighted by atomic mass is 32.2. The minimum absolute atomic E-state index is 0.0244. The van der Waals surface area contributed by atoms with Crippen LogP contribution in [0.3, 0.4) is 0 Å². The van der Waals surface area contributed by atoms with Gasteiger partial charge in [0.05, 0.1) is 56.9 Å². The van der Waals surface area contributed by atoms with Gasteiger partial charge in [-0.25, -0.2) is 10.5 Å². The fraction of sp³-hybridized carbons (Fsp3) is 0. The van der Waals surface area contributed by atoms with Crippen molar-refractivity contribution in [1.82, 2.24) is 0 Å². The standard InChI is InChI=1S/C23H15N5O13S4/c24-11-13-8-17(44(32,33)34)7-12-9-19(43-41-39-31)22(23(29)21(12)13)28-27-18-6-3-15(10-20(18)45(35,36)37)26-25-14-1-4-16(5-2-14)42-40-38-30/h1-10,29-31H,(H,32,33,34)(H,35,36,37). The van der Waals surface area contributed by atoms with Crippen molar-refractivity contribution in [3.05, 3.63) is 66.2 Å². The van der Waals surface area contributed by atoms with Crippen molar-refractivity contribution in [1.29, 1.82) is 5.26 Å². The minimum atomic E-state index is -4.93. The molecule has 0 bridgehead atoms. The molecule has 4 rings (SSSR count). The summed E-state index contributed by atoms with van der Waals surface area (Å²) >= 11 is 0.975. The quantitative estimate of drug-likeness (QED) is 0.0342. The Balaban J connectivity index is 1.76. The van der Waals surface area contributed by atoms with E-state index in [-0.39, 0.29) is 39.0 Å². The monoisotopic (exact) mass is 697 g/mol. The molecule has 0 aliphatic rings. The van der Waals surface area contributed by atoms with Crippen molar-refractivity contribution in [2.45, 2.75) is 19.6 Å². The van der Waals surface area contributed by atoms with Crippen LogP contribution in [0, 0.1) is 11.3 Å². The van der Waals surface area contributed by atoms with Crippen molar-refractivity contribution in [3.8, 4) is 11.8 Å². The maximum atomic E-state index is 12.2. The van der Waals surface area contributed by atoms with E-state index in [1.54, 1.807) is 18.2 Å². The lowest BCUT2D eigenvalue weighted by Gasteiger charge is -2.11. The third kappa shape index (κ3) is 8.34. The van der Waals surface area contributed by atoms with E-state index >= 15 is 0 Å².